The van der Waals surface area contributed by atoms with Crippen molar-refractivity contribution in [3.05, 3.63) is 21.7 Å². The molecule has 2 aromatic heterocycles. The molecule has 0 bridgehead atoms. The molecule has 0 atom stereocenters. The lowest BCUT2D eigenvalue weighted by Crippen LogP contribution is -1.91. The van der Waals surface area contributed by atoms with E-state index in [1.807, 2.05) is 16.8 Å². The Balaban J connectivity index is 2.40. The van der Waals surface area contributed by atoms with E-state index in [4.69, 9.17) is 6.42 Å². The maximum Gasteiger partial charge on any atom is 0.184 e. The van der Waals surface area contributed by atoms with Crippen LogP contribution < -0.4 is 0 Å². The largest absolute Gasteiger partial charge is 0.292 e. The standard InChI is InChI=1S/C10H6OS2/c1-2-3-8(11)9-4-7-5-12-6-10(7)13-9/h1,4-6H,3H2. The van der Waals surface area contributed by atoms with Crippen molar-refractivity contribution in [2.45, 2.75) is 6.42 Å². The minimum atomic E-state index is 0.0497. The van der Waals surface area contributed by atoms with Crippen LogP contribution in [-0.2, 0) is 0 Å². The third-order valence-electron chi connectivity index (χ3n) is 1.70. The molecule has 0 aromatic carbocycles. The monoisotopic (exact) mass is 206 g/mol. The predicted octanol–water partition coefficient (Wildman–Crippen LogP) is 3.17. The SMILES string of the molecule is C#CCC(=O)c1cc2cscc2s1. The number of thiophene rings is 2. The molecule has 0 radical (unpaired) electrons. The van der Waals surface area contributed by atoms with E-state index in [-0.39, 0.29) is 12.2 Å². The van der Waals surface area contributed by atoms with Gasteiger partial charge in [-0.2, -0.15) is 11.3 Å². The Labute approximate surface area is 84.0 Å². The van der Waals surface area contributed by atoms with Gasteiger partial charge in [0, 0.05) is 15.5 Å². The Bertz CT molecular complexity index is 456. The van der Waals surface area contributed by atoms with Crippen LogP contribution in [0.3, 0.4) is 0 Å². The summed E-state index contributed by atoms with van der Waals surface area (Å²) in [7, 11) is 0. The molecule has 0 N–H and O–H groups in total. The van der Waals surface area contributed by atoms with Gasteiger partial charge in [0.05, 0.1) is 11.3 Å². The number of ketones is 1. The van der Waals surface area contributed by atoms with Crippen LogP contribution in [-0.4, -0.2) is 5.78 Å². The predicted molar refractivity (Wildman–Crippen MR) is 57.5 cm³/mol. The topological polar surface area (TPSA) is 17.1 Å². The van der Waals surface area contributed by atoms with Gasteiger partial charge in [-0.1, -0.05) is 5.92 Å². The van der Waals surface area contributed by atoms with E-state index in [0.29, 0.717) is 0 Å². The Morgan fingerprint density at radius 3 is 3.08 bits per heavy atom. The molecule has 64 valence electrons. The molecule has 2 heterocycles. The van der Waals surface area contributed by atoms with Gasteiger partial charge in [0.2, 0.25) is 0 Å². The summed E-state index contributed by atoms with van der Waals surface area (Å²) >= 11 is 3.17. The van der Waals surface area contributed by atoms with Gasteiger partial charge < -0.3 is 0 Å². The first-order valence-corrected chi connectivity index (χ1v) is 5.49. The molecule has 0 aliphatic heterocycles. The molecule has 1 nitrogen and oxygen atoms in total. The molecule has 2 rings (SSSR count). The summed E-state index contributed by atoms with van der Waals surface area (Å²) in [6.45, 7) is 0. The second kappa shape index (κ2) is 3.33. The van der Waals surface area contributed by atoms with Crippen molar-refractivity contribution in [1.29, 1.82) is 0 Å². The highest BCUT2D eigenvalue weighted by atomic mass is 32.1. The Morgan fingerprint density at radius 2 is 2.38 bits per heavy atom. The van der Waals surface area contributed by atoms with Crippen molar-refractivity contribution in [2.24, 2.45) is 0 Å². The van der Waals surface area contributed by atoms with Crippen molar-refractivity contribution in [2.75, 3.05) is 0 Å². The molecule has 0 unspecified atom stereocenters. The molecule has 0 saturated heterocycles. The summed E-state index contributed by atoms with van der Waals surface area (Å²) in [5.74, 6) is 2.41. The number of rotatable bonds is 2. The van der Waals surface area contributed by atoms with Crippen LogP contribution in [0.25, 0.3) is 10.1 Å². The van der Waals surface area contributed by atoms with Gasteiger partial charge in [-0.15, -0.1) is 17.8 Å². The van der Waals surface area contributed by atoms with Gasteiger partial charge in [0.1, 0.15) is 0 Å². The van der Waals surface area contributed by atoms with Crippen LogP contribution >= 0.6 is 22.7 Å². The smallest absolute Gasteiger partial charge is 0.184 e. The molecular weight excluding hydrogens is 200 g/mol. The summed E-state index contributed by atoms with van der Waals surface area (Å²) in [6.07, 6.45) is 5.27. The Kier molecular flexibility index (Phi) is 2.17. The molecule has 0 amide bonds. The molecule has 0 aliphatic rings. The number of hydrogen-bond donors (Lipinski definition) is 0. The number of hydrogen-bond acceptors (Lipinski definition) is 3. The summed E-state index contributed by atoms with van der Waals surface area (Å²) in [5, 5.41) is 5.24. The molecule has 3 heteroatoms. The molecular formula is C10H6OS2. The minimum absolute atomic E-state index is 0.0497. The molecule has 0 saturated carbocycles. The maximum atomic E-state index is 11.4. The van der Waals surface area contributed by atoms with E-state index in [0.717, 1.165) is 10.3 Å². The van der Waals surface area contributed by atoms with E-state index in [1.54, 1.807) is 11.3 Å². The van der Waals surface area contributed by atoms with E-state index < -0.39 is 0 Å². The summed E-state index contributed by atoms with van der Waals surface area (Å²) in [6, 6.07) is 1.91. The van der Waals surface area contributed by atoms with E-state index >= 15 is 0 Å². The van der Waals surface area contributed by atoms with Gasteiger partial charge >= 0.3 is 0 Å². The van der Waals surface area contributed by atoms with Crippen LogP contribution in [0.1, 0.15) is 16.1 Å². The van der Waals surface area contributed by atoms with Gasteiger partial charge in [0.15, 0.2) is 5.78 Å². The average Bonchev–Trinajstić information content (AvgIpc) is 2.61. The summed E-state index contributed by atoms with van der Waals surface area (Å²) < 4.78 is 1.17. The van der Waals surface area contributed by atoms with Gasteiger partial charge in [-0.3, -0.25) is 4.79 Å². The number of carbonyl (C=O) groups excluding carboxylic acids is 1. The highest BCUT2D eigenvalue weighted by Gasteiger charge is 2.08. The average molecular weight is 206 g/mol. The quantitative estimate of drug-likeness (QED) is 0.545. The van der Waals surface area contributed by atoms with Crippen molar-refractivity contribution < 1.29 is 4.79 Å². The van der Waals surface area contributed by atoms with Crippen LogP contribution in [0.4, 0.5) is 0 Å². The lowest BCUT2D eigenvalue weighted by atomic mass is 10.2. The zero-order chi connectivity index (χ0) is 9.26. The number of fused-ring (bicyclic) bond motifs is 1. The van der Waals surface area contributed by atoms with Crippen molar-refractivity contribution >= 4 is 38.5 Å². The first-order valence-electron chi connectivity index (χ1n) is 3.73. The zero-order valence-corrected chi connectivity index (χ0v) is 8.37. The van der Waals surface area contributed by atoms with Crippen LogP contribution in [0.15, 0.2) is 16.8 Å². The summed E-state index contributed by atoms with van der Waals surface area (Å²) in [4.78, 5) is 12.2. The number of carbonyl (C=O) groups is 1. The highest BCUT2D eigenvalue weighted by molar-refractivity contribution is 7.24. The van der Waals surface area contributed by atoms with E-state index in [1.165, 1.54) is 16.0 Å². The van der Waals surface area contributed by atoms with Crippen LogP contribution in [0, 0.1) is 12.3 Å². The second-order valence-corrected chi connectivity index (χ2v) is 4.43. The van der Waals surface area contributed by atoms with E-state index in [2.05, 4.69) is 5.92 Å². The van der Waals surface area contributed by atoms with Crippen molar-refractivity contribution in [1.82, 2.24) is 0 Å². The molecule has 0 aliphatic carbocycles. The molecule has 13 heavy (non-hydrogen) atoms. The van der Waals surface area contributed by atoms with Gasteiger partial charge in [-0.25, -0.2) is 0 Å². The maximum absolute atomic E-state index is 11.4. The second-order valence-electron chi connectivity index (χ2n) is 2.61. The minimum Gasteiger partial charge on any atom is -0.292 e. The third-order valence-corrected chi connectivity index (χ3v) is 3.75. The lowest BCUT2D eigenvalue weighted by molar-refractivity contribution is 0.100. The zero-order valence-electron chi connectivity index (χ0n) is 6.74. The van der Waals surface area contributed by atoms with Gasteiger partial charge in [0.25, 0.3) is 0 Å². The third kappa shape index (κ3) is 1.51. The van der Waals surface area contributed by atoms with E-state index in [9.17, 15) is 4.79 Å². The van der Waals surface area contributed by atoms with Crippen molar-refractivity contribution in [3.63, 3.8) is 0 Å². The lowest BCUT2D eigenvalue weighted by Gasteiger charge is -1.87. The fraction of sp³-hybridized carbons (Fsp3) is 0.100. The van der Waals surface area contributed by atoms with Crippen LogP contribution in [0.2, 0.25) is 0 Å². The Morgan fingerprint density at radius 1 is 1.54 bits per heavy atom. The number of terminal acetylenes is 1. The number of Topliss-reactive ketones (excluding diaryl/α,β-unsaturated/α-hetero) is 1. The molecule has 0 spiro atoms. The first-order chi connectivity index (χ1) is 6.31. The normalized spacial score (nSPS) is 10.1. The molecule has 2 aromatic rings. The highest BCUT2D eigenvalue weighted by Crippen LogP contribution is 2.29. The van der Waals surface area contributed by atoms with Gasteiger partial charge in [-0.05, 0) is 11.4 Å². The van der Waals surface area contributed by atoms with Crippen molar-refractivity contribution in [3.8, 4) is 12.3 Å². The Hall–Kier alpha value is -1.11. The molecule has 0 fully saturated rings. The first kappa shape index (κ1) is 8.49. The fourth-order valence-electron chi connectivity index (χ4n) is 1.09. The summed E-state index contributed by atoms with van der Waals surface area (Å²) in [5.41, 5.74) is 0. The fourth-order valence-corrected chi connectivity index (χ4v) is 3.04. The van der Waals surface area contributed by atoms with Crippen LogP contribution in [0.5, 0.6) is 0 Å².